The predicted octanol–water partition coefficient (Wildman–Crippen LogP) is 1.72. The van der Waals surface area contributed by atoms with E-state index >= 15 is 0 Å². The zero-order valence-corrected chi connectivity index (χ0v) is 9.52. The maximum Gasteiger partial charge on any atom is 0.269 e. The quantitative estimate of drug-likeness (QED) is 0.453. The fourth-order valence-electron chi connectivity index (χ4n) is 0.954. The summed E-state index contributed by atoms with van der Waals surface area (Å²) >= 11 is 0. The molecule has 0 spiro atoms. The van der Waals surface area contributed by atoms with E-state index in [0.717, 1.165) is 0 Å². The fourth-order valence-corrected chi connectivity index (χ4v) is 0.954. The third-order valence-corrected chi connectivity index (χ3v) is 1.72. The first-order chi connectivity index (χ1) is 7.88. The number of benzene rings is 1. The Morgan fingerprint density at radius 2 is 1.82 bits per heavy atom. The summed E-state index contributed by atoms with van der Waals surface area (Å²) in [4.78, 5) is 9.94. The van der Waals surface area contributed by atoms with E-state index in [1.807, 2.05) is 0 Å². The van der Waals surface area contributed by atoms with Gasteiger partial charge in [-0.1, -0.05) is 11.8 Å². The zero-order valence-electron chi connectivity index (χ0n) is 9.52. The van der Waals surface area contributed by atoms with Crippen LogP contribution in [-0.4, -0.2) is 15.6 Å². The molecule has 4 nitrogen and oxygen atoms in total. The maximum atomic E-state index is 10.4. The van der Waals surface area contributed by atoms with Crippen LogP contribution in [0.5, 0.6) is 0 Å². The molecule has 17 heavy (non-hydrogen) atoms. The van der Waals surface area contributed by atoms with Crippen molar-refractivity contribution in [1.82, 2.24) is 0 Å². The highest BCUT2D eigenvalue weighted by molar-refractivity contribution is 5.44. The number of hydrogen-bond donors (Lipinski definition) is 1. The third-order valence-electron chi connectivity index (χ3n) is 1.72. The minimum Gasteiger partial charge on any atom is -0.378 e. The Bertz CT molecular complexity index is 530. The van der Waals surface area contributed by atoms with Crippen molar-refractivity contribution in [3.8, 4) is 23.7 Å². The van der Waals surface area contributed by atoms with Crippen molar-refractivity contribution in [3.05, 3.63) is 39.9 Å². The van der Waals surface area contributed by atoms with Crippen molar-refractivity contribution in [2.75, 3.05) is 0 Å². The second kappa shape index (κ2) is 5.16. The number of non-ortho nitro benzene ring substituents is 1. The van der Waals surface area contributed by atoms with Gasteiger partial charge >= 0.3 is 0 Å². The number of hydrogen-bond acceptors (Lipinski definition) is 3. The Balaban J connectivity index is 2.79. The molecule has 0 aliphatic heterocycles. The monoisotopic (exact) mass is 229 g/mol. The van der Waals surface area contributed by atoms with Crippen LogP contribution in [-0.2, 0) is 0 Å². The molecule has 0 aliphatic rings. The van der Waals surface area contributed by atoms with Gasteiger partial charge in [0.1, 0.15) is 5.60 Å². The van der Waals surface area contributed by atoms with Gasteiger partial charge in [0.05, 0.1) is 4.92 Å². The standard InChI is InChI=1S/C13H11NO3/c1-13(2,15)10-4-3-5-11-6-8-12(9-7-11)14(16)17/h6-9,15H,1-2H3. The van der Waals surface area contributed by atoms with Crippen LogP contribution in [0.4, 0.5) is 5.69 Å². The van der Waals surface area contributed by atoms with Gasteiger partial charge < -0.3 is 5.11 Å². The minimum atomic E-state index is -1.07. The summed E-state index contributed by atoms with van der Waals surface area (Å²) in [7, 11) is 0. The second-order valence-corrected chi connectivity index (χ2v) is 3.86. The molecule has 0 heterocycles. The van der Waals surface area contributed by atoms with E-state index in [9.17, 15) is 15.2 Å². The molecule has 86 valence electrons. The molecule has 1 aromatic rings. The molecule has 0 aliphatic carbocycles. The van der Waals surface area contributed by atoms with Crippen LogP contribution < -0.4 is 0 Å². The molecule has 0 radical (unpaired) electrons. The number of nitro groups is 1. The largest absolute Gasteiger partial charge is 0.378 e. The number of nitro benzene ring substituents is 1. The lowest BCUT2D eigenvalue weighted by atomic mass is 10.1. The van der Waals surface area contributed by atoms with E-state index in [2.05, 4.69) is 23.7 Å². The molecule has 1 aromatic carbocycles. The second-order valence-electron chi connectivity index (χ2n) is 3.86. The summed E-state index contributed by atoms with van der Waals surface area (Å²) in [5.41, 5.74) is -0.400. The highest BCUT2D eigenvalue weighted by Crippen LogP contribution is 2.10. The third kappa shape index (κ3) is 4.83. The molecule has 0 bridgehead atoms. The molecule has 1 N–H and O–H groups in total. The van der Waals surface area contributed by atoms with Crippen molar-refractivity contribution in [2.24, 2.45) is 0 Å². The lowest BCUT2D eigenvalue weighted by Crippen LogP contribution is -2.14. The maximum absolute atomic E-state index is 10.4. The van der Waals surface area contributed by atoms with Gasteiger partial charge in [-0.05, 0) is 37.8 Å². The van der Waals surface area contributed by atoms with E-state index in [1.54, 1.807) is 26.0 Å². The first-order valence-electron chi connectivity index (χ1n) is 4.88. The normalized spacial score (nSPS) is 9.59. The van der Waals surface area contributed by atoms with Gasteiger partial charge in [-0.3, -0.25) is 10.1 Å². The van der Waals surface area contributed by atoms with Crippen LogP contribution in [0.25, 0.3) is 0 Å². The van der Waals surface area contributed by atoms with Crippen LogP contribution in [0.3, 0.4) is 0 Å². The van der Waals surface area contributed by atoms with Crippen molar-refractivity contribution < 1.29 is 10.0 Å². The van der Waals surface area contributed by atoms with E-state index in [1.165, 1.54) is 12.1 Å². The summed E-state index contributed by atoms with van der Waals surface area (Å²) in [6.07, 6.45) is 0. The van der Waals surface area contributed by atoms with Crippen LogP contribution >= 0.6 is 0 Å². The number of nitrogens with zero attached hydrogens (tertiary/aromatic N) is 1. The van der Waals surface area contributed by atoms with Crippen LogP contribution in [0, 0.1) is 33.8 Å². The number of rotatable bonds is 1. The molecule has 0 amide bonds. The molecular weight excluding hydrogens is 218 g/mol. The van der Waals surface area contributed by atoms with Gasteiger partial charge in [0, 0.05) is 17.7 Å². The molecule has 0 atom stereocenters. The smallest absolute Gasteiger partial charge is 0.269 e. The van der Waals surface area contributed by atoms with Crippen molar-refractivity contribution in [3.63, 3.8) is 0 Å². The van der Waals surface area contributed by atoms with Gasteiger partial charge in [0.15, 0.2) is 0 Å². The Hall–Kier alpha value is -2.30. The molecular formula is C13H11NO3. The Morgan fingerprint density at radius 1 is 1.24 bits per heavy atom. The lowest BCUT2D eigenvalue weighted by molar-refractivity contribution is -0.384. The average Bonchev–Trinajstić information content (AvgIpc) is 2.24. The highest BCUT2D eigenvalue weighted by atomic mass is 16.6. The van der Waals surface area contributed by atoms with E-state index in [-0.39, 0.29) is 5.69 Å². The van der Waals surface area contributed by atoms with E-state index < -0.39 is 10.5 Å². The summed E-state index contributed by atoms with van der Waals surface area (Å²) < 4.78 is 0. The first-order valence-corrected chi connectivity index (χ1v) is 4.88. The molecule has 0 saturated carbocycles. The highest BCUT2D eigenvalue weighted by Gasteiger charge is 2.05. The molecule has 4 heteroatoms. The van der Waals surface area contributed by atoms with Crippen LogP contribution in [0.15, 0.2) is 24.3 Å². The van der Waals surface area contributed by atoms with Gasteiger partial charge in [-0.2, -0.15) is 0 Å². The first kappa shape index (κ1) is 12.8. The van der Waals surface area contributed by atoms with Crippen molar-refractivity contribution in [1.29, 1.82) is 0 Å². The molecule has 0 fully saturated rings. The summed E-state index contributed by atoms with van der Waals surface area (Å²) in [5.74, 6) is 10.4. The topological polar surface area (TPSA) is 63.4 Å². The van der Waals surface area contributed by atoms with E-state index in [0.29, 0.717) is 5.56 Å². The van der Waals surface area contributed by atoms with Gasteiger partial charge in [0.2, 0.25) is 0 Å². The van der Waals surface area contributed by atoms with Crippen molar-refractivity contribution >= 4 is 5.69 Å². The van der Waals surface area contributed by atoms with Gasteiger partial charge in [-0.15, -0.1) is 0 Å². The Kier molecular flexibility index (Phi) is 3.87. The fraction of sp³-hybridized carbons (Fsp3) is 0.231. The van der Waals surface area contributed by atoms with Gasteiger partial charge in [-0.25, -0.2) is 0 Å². The Labute approximate surface area is 99.4 Å². The SMILES string of the molecule is CC(C)(O)C#CC#Cc1ccc([N+](=O)[O-])cc1. The molecule has 0 unspecified atom stereocenters. The number of aliphatic hydroxyl groups is 1. The zero-order chi connectivity index (χ0) is 12.9. The molecule has 0 aromatic heterocycles. The van der Waals surface area contributed by atoms with Crippen molar-refractivity contribution in [2.45, 2.75) is 19.4 Å². The van der Waals surface area contributed by atoms with Crippen LogP contribution in [0.2, 0.25) is 0 Å². The Morgan fingerprint density at radius 3 is 2.29 bits per heavy atom. The molecule has 1 rings (SSSR count). The van der Waals surface area contributed by atoms with E-state index in [4.69, 9.17) is 0 Å². The van der Waals surface area contributed by atoms with Crippen LogP contribution in [0.1, 0.15) is 19.4 Å². The minimum absolute atomic E-state index is 0.0260. The summed E-state index contributed by atoms with van der Waals surface area (Å²) in [5, 5.41) is 19.7. The predicted molar refractivity (Wildman–Crippen MR) is 64.0 cm³/mol. The summed E-state index contributed by atoms with van der Waals surface area (Å²) in [6.45, 7) is 3.13. The average molecular weight is 229 g/mol. The summed E-state index contributed by atoms with van der Waals surface area (Å²) in [6, 6.07) is 5.87. The van der Waals surface area contributed by atoms with Gasteiger partial charge in [0.25, 0.3) is 5.69 Å². The molecule has 0 saturated heterocycles. The lowest BCUT2D eigenvalue weighted by Gasteiger charge is -2.04.